The molecule has 0 saturated carbocycles. The molecule has 0 spiro atoms. The van der Waals surface area contributed by atoms with Crippen LogP contribution in [-0.4, -0.2) is 19.1 Å². The van der Waals surface area contributed by atoms with Crippen molar-refractivity contribution in [1.29, 1.82) is 0 Å². The van der Waals surface area contributed by atoms with Crippen molar-refractivity contribution in [3.63, 3.8) is 0 Å². The van der Waals surface area contributed by atoms with E-state index in [1.54, 1.807) is 11.0 Å². The number of anilines is 2. The molecular weight excluding hydrogens is 252 g/mol. The third-order valence-corrected chi connectivity index (χ3v) is 2.95. The minimum absolute atomic E-state index is 0.00775. The highest BCUT2D eigenvalue weighted by molar-refractivity contribution is 5.97. The lowest BCUT2D eigenvalue weighted by Gasteiger charge is -2.22. The fourth-order valence-electron chi connectivity index (χ4n) is 1.95. The number of para-hydroxylation sites is 3. The number of rotatable bonds is 5. The van der Waals surface area contributed by atoms with E-state index < -0.39 is 0 Å². The highest BCUT2D eigenvalue weighted by Gasteiger charge is 2.16. The summed E-state index contributed by atoms with van der Waals surface area (Å²) in [5.41, 5.74) is 7.21. The molecule has 20 heavy (non-hydrogen) atoms. The van der Waals surface area contributed by atoms with E-state index in [-0.39, 0.29) is 12.5 Å². The Kier molecular flexibility index (Phi) is 4.60. The fraction of sp³-hybridized carbons (Fsp3) is 0.188. The van der Waals surface area contributed by atoms with Crippen molar-refractivity contribution in [3.05, 3.63) is 54.6 Å². The van der Waals surface area contributed by atoms with Gasteiger partial charge >= 0.3 is 0 Å². The Hall–Kier alpha value is -2.49. The van der Waals surface area contributed by atoms with Crippen molar-refractivity contribution in [1.82, 2.24) is 0 Å². The van der Waals surface area contributed by atoms with Crippen molar-refractivity contribution in [2.75, 3.05) is 23.8 Å². The van der Waals surface area contributed by atoms with Crippen LogP contribution in [0, 0.1) is 0 Å². The summed E-state index contributed by atoms with van der Waals surface area (Å²) in [4.78, 5) is 13.9. The lowest BCUT2D eigenvalue weighted by molar-refractivity contribution is -0.120. The Bertz CT molecular complexity index is 570. The maximum Gasteiger partial charge on any atom is 0.264 e. The highest BCUT2D eigenvalue weighted by atomic mass is 16.5. The zero-order chi connectivity index (χ0) is 14.4. The average Bonchev–Trinajstić information content (AvgIpc) is 2.49. The number of hydrogen-bond acceptors (Lipinski definition) is 3. The Morgan fingerprint density at radius 2 is 1.75 bits per heavy atom. The molecule has 1 amide bonds. The van der Waals surface area contributed by atoms with E-state index in [9.17, 15) is 4.79 Å². The Labute approximate surface area is 118 Å². The molecule has 2 N–H and O–H groups in total. The van der Waals surface area contributed by atoms with Crippen LogP contribution in [0.2, 0.25) is 0 Å². The fourth-order valence-corrected chi connectivity index (χ4v) is 1.95. The van der Waals surface area contributed by atoms with E-state index in [0.717, 1.165) is 5.69 Å². The van der Waals surface area contributed by atoms with Gasteiger partial charge in [-0.25, -0.2) is 0 Å². The van der Waals surface area contributed by atoms with Crippen LogP contribution in [0.5, 0.6) is 5.75 Å². The molecule has 0 aliphatic carbocycles. The van der Waals surface area contributed by atoms with Gasteiger partial charge in [-0.3, -0.25) is 4.79 Å². The summed E-state index contributed by atoms with van der Waals surface area (Å²) in [6.45, 7) is 2.45. The van der Waals surface area contributed by atoms with Crippen molar-refractivity contribution in [2.24, 2.45) is 0 Å². The summed E-state index contributed by atoms with van der Waals surface area (Å²) in [5.74, 6) is 0.562. The summed E-state index contributed by atoms with van der Waals surface area (Å²) < 4.78 is 5.48. The normalized spacial score (nSPS) is 10.1. The molecule has 0 atom stereocenters. The Balaban J connectivity index is 2.05. The van der Waals surface area contributed by atoms with E-state index >= 15 is 0 Å². The number of ether oxygens (including phenoxy) is 1. The van der Waals surface area contributed by atoms with Gasteiger partial charge in [-0.1, -0.05) is 30.3 Å². The van der Waals surface area contributed by atoms with Gasteiger partial charge in [0.25, 0.3) is 5.91 Å². The van der Waals surface area contributed by atoms with Gasteiger partial charge in [0.05, 0.1) is 11.4 Å². The molecule has 0 aliphatic rings. The smallest absolute Gasteiger partial charge is 0.264 e. The first-order valence-corrected chi connectivity index (χ1v) is 6.55. The van der Waals surface area contributed by atoms with Gasteiger partial charge in [0.15, 0.2) is 6.61 Å². The Morgan fingerprint density at radius 3 is 2.40 bits per heavy atom. The molecule has 0 unspecified atom stereocenters. The van der Waals surface area contributed by atoms with Crippen molar-refractivity contribution < 1.29 is 9.53 Å². The van der Waals surface area contributed by atoms with Crippen LogP contribution in [-0.2, 0) is 4.79 Å². The van der Waals surface area contributed by atoms with Crippen LogP contribution in [0.1, 0.15) is 6.92 Å². The summed E-state index contributed by atoms with van der Waals surface area (Å²) in [6, 6.07) is 16.6. The van der Waals surface area contributed by atoms with E-state index in [1.807, 2.05) is 55.5 Å². The zero-order valence-electron chi connectivity index (χ0n) is 11.5. The number of carbonyl (C=O) groups is 1. The van der Waals surface area contributed by atoms with Gasteiger partial charge in [0.2, 0.25) is 0 Å². The predicted molar refractivity (Wildman–Crippen MR) is 80.8 cm³/mol. The SMILES string of the molecule is CCN(C(=O)COc1ccccc1)c1ccccc1N. The number of amides is 1. The quantitative estimate of drug-likeness (QED) is 0.850. The van der Waals surface area contributed by atoms with Gasteiger partial charge in [0.1, 0.15) is 5.75 Å². The minimum atomic E-state index is -0.116. The van der Waals surface area contributed by atoms with Crippen LogP contribution < -0.4 is 15.4 Å². The molecule has 4 heteroatoms. The first kappa shape index (κ1) is 13.9. The summed E-state index contributed by atoms with van der Waals surface area (Å²) in [6.07, 6.45) is 0. The van der Waals surface area contributed by atoms with Gasteiger partial charge < -0.3 is 15.4 Å². The maximum atomic E-state index is 12.2. The molecule has 2 aromatic rings. The number of hydrogen-bond donors (Lipinski definition) is 1. The molecule has 0 aromatic heterocycles. The second kappa shape index (κ2) is 6.61. The van der Waals surface area contributed by atoms with Gasteiger partial charge in [-0.15, -0.1) is 0 Å². The topological polar surface area (TPSA) is 55.6 Å². The van der Waals surface area contributed by atoms with Gasteiger partial charge in [-0.05, 0) is 31.2 Å². The zero-order valence-corrected chi connectivity index (χ0v) is 11.5. The summed E-state index contributed by atoms with van der Waals surface area (Å²) in [5, 5.41) is 0. The summed E-state index contributed by atoms with van der Waals surface area (Å²) in [7, 11) is 0. The largest absolute Gasteiger partial charge is 0.484 e. The van der Waals surface area contributed by atoms with Crippen LogP contribution in [0.3, 0.4) is 0 Å². The molecule has 104 valence electrons. The molecule has 4 nitrogen and oxygen atoms in total. The first-order chi connectivity index (χ1) is 9.72. The molecule has 0 bridgehead atoms. The average molecular weight is 270 g/mol. The minimum Gasteiger partial charge on any atom is -0.484 e. The number of benzene rings is 2. The van der Waals surface area contributed by atoms with Crippen molar-refractivity contribution >= 4 is 17.3 Å². The number of nitrogens with zero attached hydrogens (tertiary/aromatic N) is 1. The second-order valence-electron chi connectivity index (χ2n) is 4.30. The monoisotopic (exact) mass is 270 g/mol. The Morgan fingerprint density at radius 1 is 1.10 bits per heavy atom. The molecular formula is C16H18N2O2. The number of likely N-dealkylation sites (N-methyl/N-ethyl adjacent to an activating group) is 1. The lowest BCUT2D eigenvalue weighted by Crippen LogP contribution is -2.35. The molecule has 0 fully saturated rings. The van der Waals surface area contributed by atoms with E-state index in [2.05, 4.69) is 0 Å². The van der Waals surface area contributed by atoms with Gasteiger partial charge in [0, 0.05) is 6.54 Å². The van der Waals surface area contributed by atoms with Crippen molar-refractivity contribution in [2.45, 2.75) is 6.92 Å². The lowest BCUT2D eigenvalue weighted by atomic mass is 10.2. The van der Waals surface area contributed by atoms with Crippen LogP contribution in [0.25, 0.3) is 0 Å². The molecule has 0 saturated heterocycles. The van der Waals surface area contributed by atoms with E-state index in [1.165, 1.54) is 0 Å². The first-order valence-electron chi connectivity index (χ1n) is 6.55. The highest BCUT2D eigenvalue weighted by Crippen LogP contribution is 2.22. The van der Waals surface area contributed by atoms with Gasteiger partial charge in [-0.2, -0.15) is 0 Å². The molecule has 2 aromatic carbocycles. The maximum absolute atomic E-state index is 12.2. The molecule has 2 rings (SSSR count). The van der Waals surface area contributed by atoms with Crippen LogP contribution in [0.4, 0.5) is 11.4 Å². The molecule has 0 radical (unpaired) electrons. The third-order valence-electron chi connectivity index (χ3n) is 2.95. The molecule has 0 heterocycles. The number of nitrogen functional groups attached to an aromatic ring is 1. The second-order valence-corrected chi connectivity index (χ2v) is 4.30. The summed E-state index contributed by atoms with van der Waals surface area (Å²) >= 11 is 0. The standard InChI is InChI=1S/C16H18N2O2/c1-2-18(15-11-7-6-10-14(15)17)16(19)12-20-13-8-4-3-5-9-13/h3-11H,2,12,17H2,1H3. The molecule has 0 aliphatic heterocycles. The van der Waals surface area contributed by atoms with Crippen molar-refractivity contribution in [3.8, 4) is 5.75 Å². The van der Waals surface area contributed by atoms with E-state index in [0.29, 0.717) is 18.0 Å². The number of nitrogens with two attached hydrogens (primary N) is 1. The van der Waals surface area contributed by atoms with Crippen LogP contribution >= 0.6 is 0 Å². The van der Waals surface area contributed by atoms with Crippen LogP contribution in [0.15, 0.2) is 54.6 Å². The number of carbonyl (C=O) groups excluding carboxylic acids is 1. The third kappa shape index (κ3) is 3.29. The predicted octanol–water partition coefficient (Wildman–Crippen LogP) is 2.70. The van der Waals surface area contributed by atoms with E-state index in [4.69, 9.17) is 10.5 Å².